The van der Waals surface area contributed by atoms with Crippen molar-refractivity contribution >= 4 is 0 Å². The fourth-order valence-corrected chi connectivity index (χ4v) is 3.51. The van der Waals surface area contributed by atoms with Crippen LogP contribution in [-0.2, 0) is 0 Å². The number of likely N-dealkylation sites (tertiary alicyclic amines) is 1. The van der Waals surface area contributed by atoms with Gasteiger partial charge in [-0.3, -0.25) is 0 Å². The lowest BCUT2D eigenvalue weighted by Gasteiger charge is -2.39. The second-order valence-electron chi connectivity index (χ2n) is 6.47. The Morgan fingerprint density at radius 1 is 1.12 bits per heavy atom. The van der Waals surface area contributed by atoms with E-state index in [1.165, 1.54) is 64.7 Å². The predicted molar refractivity (Wildman–Crippen MR) is 74.3 cm³/mol. The Bertz CT molecular complexity index is 209. The van der Waals surface area contributed by atoms with E-state index in [-0.39, 0.29) is 0 Å². The molecule has 1 N–H and O–H groups in total. The summed E-state index contributed by atoms with van der Waals surface area (Å²) in [5.74, 6) is 1.82. The van der Waals surface area contributed by atoms with Gasteiger partial charge in [0.1, 0.15) is 0 Å². The molecule has 2 nitrogen and oxygen atoms in total. The molecule has 0 saturated carbocycles. The topological polar surface area (TPSA) is 15.3 Å². The predicted octanol–water partition coefficient (Wildman–Crippen LogP) is 2.89. The first-order chi connectivity index (χ1) is 8.25. The molecule has 1 unspecified atom stereocenters. The number of rotatable bonds is 4. The molecule has 0 bridgehead atoms. The largest absolute Gasteiger partial charge is 0.317 e. The minimum Gasteiger partial charge on any atom is -0.317 e. The van der Waals surface area contributed by atoms with Gasteiger partial charge in [-0.2, -0.15) is 0 Å². The lowest BCUT2D eigenvalue weighted by Crippen LogP contribution is -2.44. The van der Waals surface area contributed by atoms with Gasteiger partial charge in [0, 0.05) is 12.6 Å². The molecule has 2 heterocycles. The first kappa shape index (κ1) is 13.4. The Balaban J connectivity index is 1.82. The maximum absolute atomic E-state index is 3.48. The van der Waals surface area contributed by atoms with Crippen molar-refractivity contribution in [3.05, 3.63) is 0 Å². The number of nitrogens with one attached hydrogen (secondary N) is 1. The van der Waals surface area contributed by atoms with E-state index in [0.717, 1.165) is 17.9 Å². The first-order valence-corrected chi connectivity index (χ1v) is 7.70. The van der Waals surface area contributed by atoms with Crippen LogP contribution in [0.1, 0.15) is 52.4 Å². The third-order valence-electron chi connectivity index (χ3n) is 4.44. The molecule has 0 spiro atoms. The van der Waals surface area contributed by atoms with E-state index in [1.54, 1.807) is 0 Å². The molecule has 0 aromatic carbocycles. The summed E-state index contributed by atoms with van der Waals surface area (Å²) in [5.41, 5.74) is 0. The molecular formula is C15H30N2. The molecule has 2 aliphatic heterocycles. The lowest BCUT2D eigenvalue weighted by molar-refractivity contribution is 0.101. The van der Waals surface area contributed by atoms with Gasteiger partial charge >= 0.3 is 0 Å². The summed E-state index contributed by atoms with van der Waals surface area (Å²) >= 11 is 0. The third-order valence-corrected chi connectivity index (χ3v) is 4.44. The second kappa shape index (κ2) is 6.75. The van der Waals surface area contributed by atoms with E-state index in [9.17, 15) is 0 Å². The Labute approximate surface area is 107 Å². The number of nitrogens with zero attached hydrogens (tertiary/aromatic N) is 1. The van der Waals surface area contributed by atoms with Gasteiger partial charge in [0.25, 0.3) is 0 Å². The van der Waals surface area contributed by atoms with Crippen molar-refractivity contribution < 1.29 is 0 Å². The van der Waals surface area contributed by atoms with Crippen LogP contribution in [0.3, 0.4) is 0 Å². The Morgan fingerprint density at radius 2 is 1.88 bits per heavy atom. The van der Waals surface area contributed by atoms with Crippen LogP contribution < -0.4 is 5.32 Å². The van der Waals surface area contributed by atoms with Crippen molar-refractivity contribution in [1.29, 1.82) is 0 Å². The summed E-state index contributed by atoms with van der Waals surface area (Å²) in [4.78, 5) is 2.82. The van der Waals surface area contributed by atoms with Crippen molar-refractivity contribution in [2.45, 2.75) is 58.4 Å². The molecule has 0 radical (unpaired) electrons. The average molecular weight is 238 g/mol. The quantitative estimate of drug-likeness (QED) is 0.810. The van der Waals surface area contributed by atoms with Crippen molar-refractivity contribution in [3.63, 3.8) is 0 Å². The fourth-order valence-electron chi connectivity index (χ4n) is 3.51. The standard InChI is InChI=1S/C15H30N2/c1-13(2)11-15-5-3-4-10-17(15)12-14-6-8-16-9-7-14/h13-16H,3-12H2,1-2H3. The van der Waals surface area contributed by atoms with Crippen LogP contribution in [0.2, 0.25) is 0 Å². The third kappa shape index (κ3) is 4.26. The van der Waals surface area contributed by atoms with E-state index >= 15 is 0 Å². The number of piperidine rings is 2. The highest BCUT2D eigenvalue weighted by Gasteiger charge is 2.25. The molecule has 0 aromatic rings. The SMILES string of the molecule is CC(C)CC1CCCCN1CC1CCNCC1. The smallest absolute Gasteiger partial charge is 0.00978 e. The molecule has 2 rings (SSSR count). The summed E-state index contributed by atoms with van der Waals surface area (Å²) in [6.45, 7) is 9.97. The van der Waals surface area contributed by atoms with Crippen LogP contribution in [-0.4, -0.2) is 37.1 Å². The van der Waals surface area contributed by atoms with Crippen LogP contribution >= 0.6 is 0 Å². The van der Waals surface area contributed by atoms with E-state index in [2.05, 4.69) is 24.1 Å². The monoisotopic (exact) mass is 238 g/mol. The molecule has 1 atom stereocenters. The molecule has 2 aliphatic rings. The molecule has 2 fully saturated rings. The summed E-state index contributed by atoms with van der Waals surface area (Å²) in [5, 5.41) is 3.48. The van der Waals surface area contributed by atoms with E-state index in [4.69, 9.17) is 0 Å². The summed E-state index contributed by atoms with van der Waals surface area (Å²) in [7, 11) is 0. The van der Waals surface area contributed by atoms with Crippen LogP contribution in [0.4, 0.5) is 0 Å². The van der Waals surface area contributed by atoms with Gasteiger partial charge in [-0.05, 0) is 63.6 Å². The summed E-state index contributed by atoms with van der Waals surface area (Å²) < 4.78 is 0. The molecule has 0 amide bonds. The van der Waals surface area contributed by atoms with E-state index in [1.807, 2.05) is 0 Å². The lowest BCUT2D eigenvalue weighted by atomic mass is 9.91. The minimum atomic E-state index is 0.855. The van der Waals surface area contributed by atoms with Crippen molar-refractivity contribution in [3.8, 4) is 0 Å². The summed E-state index contributed by atoms with van der Waals surface area (Å²) in [6.07, 6.45) is 8.53. The average Bonchev–Trinajstić information content (AvgIpc) is 2.32. The second-order valence-corrected chi connectivity index (χ2v) is 6.47. The van der Waals surface area contributed by atoms with Crippen molar-refractivity contribution in [2.75, 3.05) is 26.2 Å². The Hall–Kier alpha value is -0.0800. The molecule has 0 aliphatic carbocycles. The van der Waals surface area contributed by atoms with Gasteiger partial charge in [0.05, 0.1) is 0 Å². The van der Waals surface area contributed by atoms with Gasteiger partial charge in [-0.1, -0.05) is 20.3 Å². The van der Waals surface area contributed by atoms with E-state index < -0.39 is 0 Å². The van der Waals surface area contributed by atoms with Gasteiger partial charge < -0.3 is 10.2 Å². The number of hydrogen-bond donors (Lipinski definition) is 1. The van der Waals surface area contributed by atoms with Crippen LogP contribution in [0, 0.1) is 11.8 Å². The highest BCUT2D eigenvalue weighted by molar-refractivity contribution is 4.81. The molecule has 100 valence electrons. The zero-order chi connectivity index (χ0) is 12.1. The van der Waals surface area contributed by atoms with Crippen LogP contribution in [0.15, 0.2) is 0 Å². The van der Waals surface area contributed by atoms with Gasteiger partial charge in [-0.15, -0.1) is 0 Å². The normalized spacial score (nSPS) is 28.8. The summed E-state index contributed by atoms with van der Waals surface area (Å²) in [6, 6.07) is 0.888. The van der Waals surface area contributed by atoms with Gasteiger partial charge in [-0.25, -0.2) is 0 Å². The first-order valence-electron chi connectivity index (χ1n) is 7.70. The highest BCUT2D eigenvalue weighted by Crippen LogP contribution is 2.25. The van der Waals surface area contributed by atoms with E-state index in [0.29, 0.717) is 0 Å². The Morgan fingerprint density at radius 3 is 2.59 bits per heavy atom. The van der Waals surface area contributed by atoms with Crippen molar-refractivity contribution in [1.82, 2.24) is 10.2 Å². The molecule has 0 aromatic heterocycles. The molecule has 2 saturated heterocycles. The minimum absolute atomic E-state index is 0.855. The van der Waals surface area contributed by atoms with Crippen molar-refractivity contribution in [2.24, 2.45) is 11.8 Å². The van der Waals surface area contributed by atoms with Crippen LogP contribution in [0.5, 0.6) is 0 Å². The number of hydrogen-bond acceptors (Lipinski definition) is 2. The van der Waals surface area contributed by atoms with Crippen LogP contribution in [0.25, 0.3) is 0 Å². The highest BCUT2D eigenvalue weighted by atomic mass is 15.2. The zero-order valence-corrected chi connectivity index (χ0v) is 11.8. The van der Waals surface area contributed by atoms with Gasteiger partial charge in [0.15, 0.2) is 0 Å². The zero-order valence-electron chi connectivity index (χ0n) is 11.8. The molecular weight excluding hydrogens is 208 g/mol. The van der Waals surface area contributed by atoms with Gasteiger partial charge in [0.2, 0.25) is 0 Å². The molecule has 17 heavy (non-hydrogen) atoms. The Kier molecular flexibility index (Phi) is 5.30. The fraction of sp³-hybridized carbons (Fsp3) is 1.00. The maximum atomic E-state index is 3.48. The maximum Gasteiger partial charge on any atom is 0.00978 e. The molecule has 2 heteroatoms.